The average Bonchev–Trinajstić information content (AvgIpc) is 2.72. The zero-order chi connectivity index (χ0) is 19.7. The second kappa shape index (κ2) is 7.66. The monoisotopic (exact) mass is 396 g/mol. The molecule has 0 radical (unpaired) electrons. The van der Waals surface area contributed by atoms with Crippen molar-refractivity contribution >= 4 is 17.4 Å². The molecule has 2 aromatic carbocycles. The summed E-state index contributed by atoms with van der Waals surface area (Å²) in [6.07, 6.45) is 0. The zero-order valence-corrected chi connectivity index (χ0v) is 16.2. The number of hydrogen-bond acceptors (Lipinski definition) is 4. The first-order chi connectivity index (χ1) is 13.5. The van der Waals surface area contributed by atoms with E-state index in [4.69, 9.17) is 11.6 Å². The number of nitrogens with zero attached hydrogens (tertiary/aromatic N) is 2. The number of nitrogens with one attached hydrogen (secondary N) is 2. The zero-order valence-electron chi connectivity index (χ0n) is 15.5. The van der Waals surface area contributed by atoms with Gasteiger partial charge in [-0.3, -0.25) is 19.2 Å². The molecule has 1 aliphatic heterocycles. The summed E-state index contributed by atoms with van der Waals surface area (Å²) in [6.45, 7) is 3.39. The van der Waals surface area contributed by atoms with Crippen molar-refractivity contribution in [3.05, 3.63) is 97.1 Å². The number of anilines is 1. The predicted octanol–water partition coefficient (Wildman–Crippen LogP) is 3.18. The van der Waals surface area contributed by atoms with Gasteiger partial charge in [0.1, 0.15) is 5.82 Å². The van der Waals surface area contributed by atoms with Crippen LogP contribution in [-0.4, -0.2) is 21.1 Å². The molecule has 0 saturated heterocycles. The van der Waals surface area contributed by atoms with Crippen molar-refractivity contribution in [3.63, 3.8) is 0 Å². The Balaban J connectivity index is 1.68. The maximum Gasteiger partial charge on any atom is 0.330 e. The van der Waals surface area contributed by atoms with Crippen LogP contribution >= 0.6 is 11.6 Å². The van der Waals surface area contributed by atoms with Gasteiger partial charge in [-0.2, -0.15) is 0 Å². The van der Waals surface area contributed by atoms with E-state index in [0.29, 0.717) is 36.2 Å². The topological polar surface area (TPSA) is 70.1 Å². The van der Waals surface area contributed by atoms with Crippen LogP contribution < -0.4 is 16.6 Å². The van der Waals surface area contributed by atoms with Gasteiger partial charge in [0.05, 0.1) is 18.8 Å². The molecule has 1 aromatic heterocycles. The summed E-state index contributed by atoms with van der Waals surface area (Å²) in [7, 11) is 0. The van der Waals surface area contributed by atoms with E-state index in [1.165, 1.54) is 5.56 Å². The fourth-order valence-corrected chi connectivity index (χ4v) is 3.76. The molecule has 3 aromatic rings. The molecule has 1 unspecified atom stereocenters. The number of fused-ring (bicyclic) bond motifs is 1. The molecule has 144 valence electrons. The number of benzene rings is 2. The van der Waals surface area contributed by atoms with E-state index in [1.807, 2.05) is 36.4 Å². The molecule has 1 atom stereocenters. The van der Waals surface area contributed by atoms with Gasteiger partial charge in [0, 0.05) is 17.6 Å². The number of aromatic amines is 1. The summed E-state index contributed by atoms with van der Waals surface area (Å²) in [4.78, 5) is 29.6. The van der Waals surface area contributed by atoms with E-state index in [1.54, 1.807) is 10.6 Å². The third kappa shape index (κ3) is 3.48. The maximum absolute atomic E-state index is 12.5. The van der Waals surface area contributed by atoms with E-state index in [0.717, 1.165) is 5.56 Å². The van der Waals surface area contributed by atoms with Gasteiger partial charge >= 0.3 is 5.69 Å². The van der Waals surface area contributed by atoms with E-state index >= 15 is 0 Å². The van der Waals surface area contributed by atoms with Crippen molar-refractivity contribution in [1.29, 1.82) is 0 Å². The Morgan fingerprint density at radius 1 is 1.07 bits per heavy atom. The molecular formula is C21H21ClN4O2. The van der Waals surface area contributed by atoms with Gasteiger partial charge in [-0.25, -0.2) is 4.79 Å². The highest BCUT2D eigenvalue weighted by molar-refractivity contribution is 6.31. The molecular weight excluding hydrogens is 376 g/mol. The smallest absolute Gasteiger partial charge is 0.330 e. The van der Waals surface area contributed by atoms with Crippen LogP contribution in [0.25, 0.3) is 0 Å². The Kier molecular flexibility index (Phi) is 5.07. The van der Waals surface area contributed by atoms with Crippen molar-refractivity contribution in [2.75, 3.05) is 12.0 Å². The highest BCUT2D eigenvalue weighted by Crippen LogP contribution is 2.27. The molecule has 4 rings (SSSR count). The Morgan fingerprint density at radius 3 is 2.54 bits per heavy atom. The highest BCUT2D eigenvalue weighted by atomic mass is 35.5. The number of halogens is 1. The van der Waals surface area contributed by atoms with Crippen LogP contribution in [0.4, 0.5) is 5.82 Å². The quantitative estimate of drug-likeness (QED) is 0.710. The SMILES string of the molecule is CC(c1ccccc1)N1CNc2c(c(=O)[nH]c(=O)n2Cc2ccccc2Cl)C1. The van der Waals surface area contributed by atoms with Crippen LogP contribution in [-0.2, 0) is 13.1 Å². The molecule has 2 heterocycles. The number of aromatic nitrogens is 2. The lowest BCUT2D eigenvalue weighted by molar-refractivity contribution is 0.206. The van der Waals surface area contributed by atoms with E-state index in [2.05, 4.69) is 34.3 Å². The van der Waals surface area contributed by atoms with Crippen molar-refractivity contribution in [2.24, 2.45) is 0 Å². The minimum Gasteiger partial charge on any atom is -0.358 e. The Labute approximate surface area is 167 Å². The fourth-order valence-electron chi connectivity index (χ4n) is 3.56. The normalized spacial score (nSPS) is 14.9. The summed E-state index contributed by atoms with van der Waals surface area (Å²) >= 11 is 6.26. The molecule has 0 fully saturated rings. The Bertz CT molecular complexity index is 1110. The van der Waals surface area contributed by atoms with E-state index in [9.17, 15) is 9.59 Å². The lowest BCUT2D eigenvalue weighted by Gasteiger charge is -2.35. The van der Waals surface area contributed by atoms with Gasteiger partial charge in [0.2, 0.25) is 0 Å². The van der Waals surface area contributed by atoms with Gasteiger partial charge in [-0.1, -0.05) is 60.1 Å². The van der Waals surface area contributed by atoms with Gasteiger partial charge in [-0.05, 0) is 24.1 Å². The largest absolute Gasteiger partial charge is 0.358 e. The molecule has 7 heteroatoms. The van der Waals surface area contributed by atoms with Gasteiger partial charge in [0.25, 0.3) is 5.56 Å². The summed E-state index contributed by atoms with van der Waals surface area (Å²) in [5.41, 5.74) is 1.75. The van der Waals surface area contributed by atoms with Crippen LogP contribution in [0.15, 0.2) is 64.2 Å². The fraction of sp³-hybridized carbons (Fsp3) is 0.238. The first-order valence-corrected chi connectivity index (χ1v) is 9.54. The molecule has 0 bridgehead atoms. The van der Waals surface area contributed by atoms with Crippen molar-refractivity contribution < 1.29 is 0 Å². The summed E-state index contributed by atoms with van der Waals surface area (Å²) in [6, 6.07) is 17.7. The summed E-state index contributed by atoms with van der Waals surface area (Å²) in [5.74, 6) is 0.560. The lowest BCUT2D eigenvalue weighted by Crippen LogP contribution is -2.44. The highest BCUT2D eigenvalue weighted by Gasteiger charge is 2.26. The maximum atomic E-state index is 12.5. The minimum atomic E-state index is -0.444. The van der Waals surface area contributed by atoms with Crippen molar-refractivity contribution in [2.45, 2.75) is 26.1 Å². The van der Waals surface area contributed by atoms with Crippen LogP contribution in [0.1, 0.15) is 29.7 Å². The molecule has 2 N–H and O–H groups in total. The van der Waals surface area contributed by atoms with Crippen LogP contribution in [0.3, 0.4) is 0 Å². The van der Waals surface area contributed by atoms with E-state index < -0.39 is 5.69 Å². The first kappa shape index (κ1) is 18.5. The molecule has 0 saturated carbocycles. The summed E-state index contributed by atoms with van der Waals surface area (Å²) < 4.78 is 1.54. The second-order valence-corrected chi connectivity index (χ2v) is 7.34. The third-order valence-corrected chi connectivity index (χ3v) is 5.59. The molecule has 0 aliphatic carbocycles. The third-order valence-electron chi connectivity index (χ3n) is 5.22. The Morgan fingerprint density at radius 2 is 1.79 bits per heavy atom. The predicted molar refractivity (Wildman–Crippen MR) is 111 cm³/mol. The molecule has 0 amide bonds. The number of rotatable bonds is 4. The lowest BCUT2D eigenvalue weighted by atomic mass is 10.1. The van der Waals surface area contributed by atoms with Gasteiger partial charge < -0.3 is 5.32 Å². The van der Waals surface area contributed by atoms with Crippen molar-refractivity contribution in [3.8, 4) is 0 Å². The standard InChI is InChI=1S/C21H21ClN4O2/c1-14(15-7-3-2-4-8-15)25-12-17-19(23-13-25)26(21(28)24-20(17)27)11-16-9-5-6-10-18(16)22/h2-10,14,23H,11-13H2,1H3,(H,24,27,28). The van der Waals surface area contributed by atoms with Gasteiger partial charge in [0.15, 0.2) is 0 Å². The van der Waals surface area contributed by atoms with Crippen LogP contribution in [0.5, 0.6) is 0 Å². The first-order valence-electron chi connectivity index (χ1n) is 9.17. The molecule has 0 spiro atoms. The number of H-pyrrole nitrogens is 1. The average molecular weight is 397 g/mol. The second-order valence-electron chi connectivity index (χ2n) is 6.93. The van der Waals surface area contributed by atoms with E-state index in [-0.39, 0.29) is 11.6 Å². The van der Waals surface area contributed by atoms with Crippen molar-refractivity contribution in [1.82, 2.24) is 14.5 Å². The number of hydrogen-bond donors (Lipinski definition) is 2. The summed E-state index contributed by atoms with van der Waals surface area (Å²) in [5, 5.41) is 3.87. The molecule has 28 heavy (non-hydrogen) atoms. The van der Waals surface area contributed by atoms with Gasteiger partial charge in [-0.15, -0.1) is 0 Å². The minimum absolute atomic E-state index is 0.130. The molecule has 6 nitrogen and oxygen atoms in total. The van der Waals surface area contributed by atoms with Crippen LogP contribution in [0, 0.1) is 0 Å². The molecule has 1 aliphatic rings. The van der Waals surface area contributed by atoms with Crippen LogP contribution in [0.2, 0.25) is 5.02 Å². The Hall–Kier alpha value is -2.83.